The average molecular weight is 328 g/mol. The van der Waals surface area contributed by atoms with E-state index in [1.165, 1.54) is 0 Å². The molecule has 1 fully saturated rings. The standard InChI is InChI=1S/C17H24N6O/c1-21(2)16-4-3-10-22(11-9-16)17(24)15-7-5-14(6-8-15)12-23-13-18-19-20-23/h5-8,13,16H,3-4,9-12H2,1-2H3. The largest absolute Gasteiger partial charge is 0.339 e. The Labute approximate surface area is 142 Å². The zero-order valence-electron chi connectivity index (χ0n) is 14.3. The molecule has 0 N–H and O–H groups in total. The van der Waals surface area contributed by atoms with Crippen molar-refractivity contribution < 1.29 is 4.79 Å². The molecule has 2 heterocycles. The summed E-state index contributed by atoms with van der Waals surface area (Å²) in [5.41, 5.74) is 1.82. The van der Waals surface area contributed by atoms with Gasteiger partial charge in [-0.25, -0.2) is 4.68 Å². The monoisotopic (exact) mass is 328 g/mol. The van der Waals surface area contributed by atoms with Gasteiger partial charge >= 0.3 is 0 Å². The number of hydrogen-bond donors (Lipinski definition) is 0. The van der Waals surface area contributed by atoms with Crippen LogP contribution in [0.4, 0.5) is 0 Å². The molecule has 0 spiro atoms. The van der Waals surface area contributed by atoms with E-state index in [0.29, 0.717) is 12.6 Å². The number of likely N-dealkylation sites (tertiary alicyclic amines) is 1. The van der Waals surface area contributed by atoms with Crippen LogP contribution in [0.2, 0.25) is 0 Å². The molecule has 2 aromatic rings. The second-order valence-electron chi connectivity index (χ2n) is 6.54. The van der Waals surface area contributed by atoms with E-state index in [-0.39, 0.29) is 5.91 Å². The molecular formula is C17H24N6O. The fourth-order valence-electron chi connectivity index (χ4n) is 3.17. The van der Waals surface area contributed by atoms with E-state index in [0.717, 1.165) is 43.5 Å². The van der Waals surface area contributed by atoms with Gasteiger partial charge < -0.3 is 9.80 Å². The number of rotatable bonds is 4. The lowest BCUT2D eigenvalue weighted by Gasteiger charge is -2.23. The Morgan fingerprint density at radius 2 is 2.00 bits per heavy atom. The highest BCUT2D eigenvalue weighted by atomic mass is 16.2. The average Bonchev–Trinajstić information content (AvgIpc) is 2.96. The normalized spacial score (nSPS) is 18.6. The van der Waals surface area contributed by atoms with Crippen molar-refractivity contribution >= 4 is 5.91 Å². The van der Waals surface area contributed by atoms with Gasteiger partial charge in [-0.05, 0) is 61.5 Å². The molecule has 3 rings (SSSR count). The summed E-state index contributed by atoms with van der Waals surface area (Å²) in [6.07, 6.45) is 4.83. The molecule has 1 atom stereocenters. The summed E-state index contributed by atoms with van der Waals surface area (Å²) in [5.74, 6) is 0.128. The molecule has 1 saturated heterocycles. The van der Waals surface area contributed by atoms with Gasteiger partial charge in [-0.3, -0.25) is 4.79 Å². The van der Waals surface area contributed by atoms with Crippen molar-refractivity contribution in [2.75, 3.05) is 27.2 Å². The zero-order valence-corrected chi connectivity index (χ0v) is 14.3. The summed E-state index contributed by atoms with van der Waals surface area (Å²) < 4.78 is 1.66. The molecule has 1 aromatic heterocycles. The molecular weight excluding hydrogens is 304 g/mol. The number of nitrogens with zero attached hydrogens (tertiary/aromatic N) is 6. The molecule has 24 heavy (non-hydrogen) atoms. The number of aromatic nitrogens is 4. The molecule has 0 radical (unpaired) electrons. The first-order valence-corrected chi connectivity index (χ1v) is 8.39. The van der Waals surface area contributed by atoms with Crippen molar-refractivity contribution in [3.8, 4) is 0 Å². The zero-order chi connectivity index (χ0) is 16.9. The van der Waals surface area contributed by atoms with Crippen LogP contribution in [0.3, 0.4) is 0 Å². The Hall–Kier alpha value is -2.28. The minimum absolute atomic E-state index is 0.128. The maximum absolute atomic E-state index is 12.7. The van der Waals surface area contributed by atoms with E-state index in [1.54, 1.807) is 11.0 Å². The summed E-state index contributed by atoms with van der Waals surface area (Å²) in [7, 11) is 4.23. The Balaban J connectivity index is 1.62. The minimum Gasteiger partial charge on any atom is -0.339 e. The Kier molecular flexibility index (Phi) is 5.20. The Morgan fingerprint density at radius 1 is 1.21 bits per heavy atom. The number of carbonyl (C=O) groups is 1. The second-order valence-corrected chi connectivity index (χ2v) is 6.54. The van der Waals surface area contributed by atoms with Crippen LogP contribution >= 0.6 is 0 Å². The molecule has 1 aliphatic rings. The third kappa shape index (κ3) is 3.97. The van der Waals surface area contributed by atoms with E-state index < -0.39 is 0 Å². The van der Waals surface area contributed by atoms with Crippen LogP contribution in [0.25, 0.3) is 0 Å². The predicted molar refractivity (Wildman–Crippen MR) is 90.6 cm³/mol. The molecule has 1 aliphatic heterocycles. The molecule has 128 valence electrons. The van der Waals surface area contributed by atoms with Crippen molar-refractivity contribution in [3.63, 3.8) is 0 Å². The highest BCUT2D eigenvalue weighted by Crippen LogP contribution is 2.17. The van der Waals surface area contributed by atoms with Gasteiger partial charge in [0, 0.05) is 24.7 Å². The summed E-state index contributed by atoms with van der Waals surface area (Å²) >= 11 is 0. The first kappa shape index (κ1) is 16.6. The summed E-state index contributed by atoms with van der Waals surface area (Å²) in [6.45, 7) is 2.28. The van der Waals surface area contributed by atoms with Gasteiger partial charge in [-0.15, -0.1) is 5.10 Å². The first-order valence-electron chi connectivity index (χ1n) is 8.39. The summed E-state index contributed by atoms with van der Waals surface area (Å²) in [5, 5.41) is 11.1. The SMILES string of the molecule is CN(C)C1CCCN(C(=O)c2ccc(Cn3cnnn3)cc2)CC1. The summed E-state index contributed by atoms with van der Waals surface area (Å²) in [4.78, 5) is 17.0. The third-order valence-corrected chi connectivity index (χ3v) is 4.65. The highest BCUT2D eigenvalue weighted by molar-refractivity contribution is 5.94. The second kappa shape index (κ2) is 7.53. The van der Waals surface area contributed by atoms with Gasteiger partial charge in [0.05, 0.1) is 6.54 Å². The predicted octanol–water partition coefficient (Wildman–Crippen LogP) is 1.28. The quantitative estimate of drug-likeness (QED) is 0.846. The van der Waals surface area contributed by atoms with Crippen LogP contribution in [0.5, 0.6) is 0 Å². The van der Waals surface area contributed by atoms with Gasteiger partial charge in [-0.2, -0.15) is 0 Å². The smallest absolute Gasteiger partial charge is 0.253 e. The number of hydrogen-bond acceptors (Lipinski definition) is 5. The van der Waals surface area contributed by atoms with Crippen LogP contribution in [-0.2, 0) is 6.54 Å². The van der Waals surface area contributed by atoms with Gasteiger partial charge in [0.1, 0.15) is 6.33 Å². The first-order chi connectivity index (χ1) is 11.6. The van der Waals surface area contributed by atoms with E-state index in [4.69, 9.17) is 0 Å². The molecule has 1 amide bonds. The van der Waals surface area contributed by atoms with E-state index in [9.17, 15) is 4.79 Å². The van der Waals surface area contributed by atoms with E-state index in [1.807, 2.05) is 29.2 Å². The Bertz CT molecular complexity index is 652. The minimum atomic E-state index is 0.128. The topological polar surface area (TPSA) is 67.2 Å². The Morgan fingerprint density at radius 3 is 2.67 bits per heavy atom. The number of carbonyl (C=O) groups excluding carboxylic acids is 1. The molecule has 1 aromatic carbocycles. The van der Waals surface area contributed by atoms with Crippen molar-refractivity contribution in [2.24, 2.45) is 0 Å². The lowest BCUT2D eigenvalue weighted by Crippen LogP contribution is -2.33. The third-order valence-electron chi connectivity index (χ3n) is 4.65. The lowest BCUT2D eigenvalue weighted by atomic mass is 10.1. The molecule has 7 heteroatoms. The van der Waals surface area contributed by atoms with Crippen LogP contribution in [0.1, 0.15) is 35.2 Å². The molecule has 7 nitrogen and oxygen atoms in total. The molecule has 0 bridgehead atoms. The molecule has 0 saturated carbocycles. The van der Waals surface area contributed by atoms with Gasteiger partial charge in [0.2, 0.25) is 0 Å². The number of tetrazole rings is 1. The van der Waals surface area contributed by atoms with Crippen molar-refractivity contribution in [2.45, 2.75) is 31.8 Å². The van der Waals surface area contributed by atoms with Crippen LogP contribution in [0.15, 0.2) is 30.6 Å². The van der Waals surface area contributed by atoms with Gasteiger partial charge in [-0.1, -0.05) is 12.1 Å². The van der Waals surface area contributed by atoms with Crippen LogP contribution in [0, 0.1) is 0 Å². The van der Waals surface area contributed by atoms with Crippen LogP contribution in [-0.4, -0.2) is 69.1 Å². The fourth-order valence-corrected chi connectivity index (χ4v) is 3.17. The number of benzene rings is 1. The van der Waals surface area contributed by atoms with Crippen molar-refractivity contribution in [1.29, 1.82) is 0 Å². The maximum Gasteiger partial charge on any atom is 0.253 e. The fraction of sp³-hybridized carbons (Fsp3) is 0.529. The van der Waals surface area contributed by atoms with E-state index >= 15 is 0 Å². The van der Waals surface area contributed by atoms with Crippen molar-refractivity contribution in [3.05, 3.63) is 41.7 Å². The maximum atomic E-state index is 12.7. The number of amides is 1. The molecule has 1 unspecified atom stereocenters. The van der Waals surface area contributed by atoms with Crippen LogP contribution < -0.4 is 0 Å². The van der Waals surface area contributed by atoms with Crippen molar-refractivity contribution in [1.82, 2.24) is 30.0 Å². The van der Waals surface area contributed by atoms with Gasteiger partial charge in [0.25, 0.3) is 5.91 Å². The summed E-state index contributed by atoms with van der Waals surface area (Å²) in [6, 6.07) is 8.30. The van der Waals surface area contributed by atoms with Gasteiger partial charge in [0.15, 0.2) is 0 Å². The molecule has 0 aliphatic carbocycles. The lowest BCUT2D eigenvalue weighted by molar-refractivity contribution is 0.0758. The van der Waals surface area contributed by atoms with E-state index in [2.05, 4.69) is 34.5 Å². The highest BCUT2D eigenvalue weighted by Gasteiger charge is 2.22.